The number of nitrogens with zero attached hydrogens (tertiary/aromatic N) is 3. The molecule has 9 nitrogen and oxygen atoms in total. The van der Waals surface area contributed by atoms with Gasteiger partial charge in [-0.1, -0.05) is 23.1 Å². The molecule has 1 saturated carbocycles. The predicted octanol–water partition coefficient (Wildman–Crippen LogP) is 1.41. The van der Waals surface area contributed by atoms with E-state index in [1.807, 2.05) is 0 Å². The average Bonchev–Trinajstić information content (AvgIpc) is 3.36. The number of thioether (sulfide) groups is 1. The third kappa shape index (κ3) is 5.28. The summed E-state index contributed by atoms with van der Waals surface area (Å²) in [7, 11) is -0.717. The molecule has 0 atom stereocenters. The van der Waals surface area contributed by atoms with Crippen LogP contribution in [0.1, 0.15) is 23.2 Å². The number of sulfonamides is 1. The van der Waals surface area contributed by atoms with Gasteiger partial charge in [0.1, 0.15) is 0 Å². The summed E-state index contributed by atoms with van der Waals surface area (Å²) >= 11 is 2.57. The van der Waals surface area contributed by atoms with Gasteiger partial charge in [0.25, 0.3) is 5.91 Å². The topological polar surface area (TPSA) is 121 Å². The summed E-state index contributed by atoms with van der Waals surface area (Å²) in [6, 6.07) is 5.88. The van der Waals surface area contributed by atoms with Gasteiger partial charge >= 0.3 is 0 Å². The third-order valence-electron chi connectivity index (χ3n) is 3.79. The van der Waals surface area contributed by atoms with Crippen LogP contribution in [-0.4, -0.2) is 60.6 Å². The van der Waals surface area contributed by atoms with E-state index in [9.17, 15) is 18.0 Å². The number of hydrogen-bond acceptors (Lipinski definition) is 9. The fourth-order valence-electron chi connectivity index (χ4n) is 2.08. The van der Waals surface area contributed by atoms with Crippen LogP contribution >= 0.6 is 23.1 Å². The van der Waals surface area contributed by atoms with Crippen LogP contribution in [0.4, 0.5) is 5.13 Å². The largest absolute Gasteiger partial charge is 0.357 e. The standard InChI is InChI=1S/C16H19N5O4S3/c1-21(2)28(24,25)12-7-3-10(4-8-12)14(23)18-13(22)9-26-16-20-19-15(27-16)17-11-5-6-11/h3-4,7-8,11H,5-6,9H2,1-2H3,(H,17,19)(H,18,22,23). The second kappa shape index (κ2) is 8.55. The Hall–Kier alpha value is -2.02. The lowest BCUT2D eigenvalue weighted by molar-refractivity contribution is -0.117. The molecule has 1 aromatic heterocycles. The zero-order valence-corrected chi connectivity index (χ0v) is 17.7. The van der Waals surface area contributed by atoms with Crippen LogP contribution in [0.2, 0.25) is 0 Å². The van der Waals surface area contributed by atoms with E-state index in [2.05, 4.69) is 20.8 Å². The monoisotopic (exact) mass is 441 g/mol. The molecule has 0 unspecified atom stereocenters. The molecule has 2 aromatic rings. The van der Waals surface area contributed by atoms with Crippen LogP contribution in [0.25, 0.3) is 0 Å². The number of aromatic nitrogens is 2. The van der Waals surface area contributed by atoms with Crippen molar-refractivity contribution in [1.29, 1.82) is 0 Å². The Balaban J connectivity index is 1.51. The summed E-state index contributed by atoms with van der Waals surface area (Å²) < 4.78 is 25.8. The third-order valence-corrected chi connectivity index (χ3v) is 7.60. The van der Waals surface area contributed by atoms with Gasteiger partial charge in [0, 0.05) is 25.7 Å². The van der Waals surface area contributed by atoms with Crippen molar-refractivity contribution in [2.45, 2.75) is 28.1 Å². The Labute approximate surface area is 171 Å². The number of benzene rings is 1. The second-order valence-corrected chi connectivity index (χ2v) is 10.6. The molecule has 0 spiro atoms. The lowest BCUT2D eigenvalue weighted by Crippen LogP contribution is -2.31. The summed E-state index contributed by atoms with van der Waals surface area (Å²) in [4.78, 5) is 24.2. The van der Waals surface area contributed by atoms with E-state index in [4.69, 9.17) is 0 Å². The number of hydrogen-bond donors (Lipinski definition) is 2. The minimum absolute atomic E-state index is 0.0247. The first-order valence-electron chi connectivity index (χ1n) is 8.35. The lowest BCUT2D eigenvalue weighted by atomic mass is 10.2. The van der Waals surface area contributed by atoms with E-state index < -0.39 is 21.8 Å². The molecule has 1 aromatic carbocycles. The summed E-state index contributed by atoms with van der Waals surface area (Å²) in [5, 5.41) is 14.2. The molecule has 1 fully saturated rings. The number of carbonyl (C=O) groups is 2. The van der Waals surface area contributed by atoms with Crippen molar-refractivity contribution in [3.63, 3.8) is 0 Å². The zero-order chi connectivity index (χ0) is 20.3. The van der Waals surface area contributed by atoms with Crippen molar-refractivity contribution in [3.05, 3.63) is 29.8 Å². The van der Waals surface area contributed by atoms with Crippen LogP contribution < -0.4 is 10.6 Å². The molecule has 12 heteroatoms. The van der Waals surface area contributed by atoms with E-state index in [1.165, 1.54) is 61.5 Å². The van der Waals surface area contributed by atoms with Gasteiger partial charge in [-0.2, -0.15) is 0 Å². The molecular weight excluding hydrogens is 422 g/mol. The Morgan fingerprint density at radius 3 is 2.50 bits per heavy atom. The van der Waals surface area contributed by atoms with Crippen LogP contribution in [0, 0.1) is 0 Å². The number of amides is 2. The van der Waals surface area contributed by atoms with Gasteiger partial charge in [0.2, 0.25) is 21.1 Å². The molecule has 1 aliphatic rings. The molecule has 0 aliphatic heterocycles. The van der Waals surface area contributed by atoms with Gasteiger partial charge in [-0.05, 0) is 37.1 Å². The summed E-state index contributed by atoms with van der Waals surface area (Å²) in [6.45, 7) is 0. The fourth-order valence-corrected chi connectivity index (χ4v) is 4.61. The quantitative estimate of drug-likeness (QED) is 0.590. The van der Waals surface area contributed by atoms with Crippen molar-refractivity contribution in [1.82, 2.24) is 19.8 Å². The van der Waals surface area contributed by atoms with Crippen molar-refractivity contribution in [3.8, 4) is 0 Å². The number of rotatable bonds is 8. The lowest BCUT2D eigenvalue weighted by Gasteiger charge is -2.11. The van der Waals surface area contributed by atoms with Crippen molar-refractivity contribution in [2.24, 2.45) is 0 Å². The highest BCUT2D eigenvalue weighted by molar-refractivity contribution is 8.01. The maximum absolute atomic E-state index is 12.2. The summed E-state index contributed by atoms with van der Waals surface area (Å²) in [5.41, 5.74) is 0.197. The van der Waals surface area contributed by atoms with Crippen LogP contribution in [-0.2, 0) is 14.8 Å². The molecule has 0 saturated heterocycles. The number of carbonyl (C=O) groups excluding carboxylic acids is 2. The maximum atomic E-state index is 12.2. The zero-order valence-electron chi connectivity index (χ0n) is 15.2. The van der Waals surface area contributed by atoms with Crippen LogP contribution in [0.5, 0.6) is 0 Å². The Morgan fingerprint density at radius 2 is 1.89 bits per heavy atom. The summed E-state index contributed by atoms with van der Waals surface area (Å²) in [6.07, 6.45) is 2.27. The highest BCUT2D eigenvalue weighted by atomic mass is 32.2. The van der Waals surface area contributed by atoms with Crippen molar-refractivity contribution >= 4 is 50.1 Å². The minimum atomic E-state index is -3.57. The fraction of sp³-hybridized carbons (Fsp3) is 0.375. The Kier molecular flexibility index (Phi) is 6.33. The number of imide groups is 1. The van der Waals surface area contributed by atoms with Crippen molar-refractivity contribution in [2.75, 3.05) is 25.2 Å². The molecule has 3 rings (SSSR count). The first-order valence-corrected chi connectivity index (χ1v) is 11.6. The highest BCUT2D eigenvalue weighted by Gasteiger charge is 2.22. The SMILES string of the molecule is CN(C)S(=O)(=O)c1ccc(C(=O)NC(=O)CSc2nnc(NC3CC3)s2)cc1. The van der Waals surface area contributed by atoms with Gasteiger partial charge in [-0.3, -0.25) is 14.9 Å². The molecule has 2 N–H and O–H groups in total. The van der Waals surface area contributed by atoms with Gasteiger partial charge < -0.3 is 5.32 Å². The van der Waals surface area contributed by atoms with Gasteiger partial charge in [0.15, 0.2) is 4.34 Å². The molecule has 1 aliphatic carbocycles. The highest BCUT2D eigenvalue weighted by Crippen LogP contribution is 2.30. The smallest absolute Gasteiger partial charge is 0.257 e. The maximum Gasteiger partial charge on any atom is 0.257 e. The molecule has 1 heterocycles. The van der Waals surface area contributed by atoms with E-state index in [0.29, 0.717) is 10.4 Å². The predicted molar refractivity (Wildman–Crippen MR) is 107 cm³/mol. The molecule has 28 heavy (non-hydrogen) atoms. The van der Waals surface area contributed by atoms with Crippen molar-refractivity contribution < 1.29 is 18.0 Å². The van der Waals surface area contributed by atoms with E-state index in [1.54, 1.807) is 0 Å². The normalized spacial score (nSPS) is 14.1. The minimum Gasteiger partial charge on any atom is -0.357 e. The second-order valence-electron chi connectivity index (χ2n) is 6.27. The van der Waals surface area contributed by atoms with Crippen LogP contribution in [0.15, 0.2) is 33.5 Å². The molecular formula is C16H19N5O4S3. The van der Waals surface area contributed by atoms with Gasteiger partial charge in [-0.15, -0.1) is 10.2 Å². The first-order chi connectivity index (χ1) is 13.3. The average molecular weight is 442 g/mol. The van der Waals surface area contributed by atoms with E-state index in [0.717, 1.165) is 22.3 Å². The Morgan fingerprint density at radius 1 is 1.21 bits per heavy atom. The summed E-state index contributed by atoms with van der Waals surface area (Å²) in [5.74, 6) is -1.03. The van der Waals surface area contributed by atoms with E-state index >= 15 is 0 Å². The molecule has 0 bridgehead atoms. The first kappa shape index (κ1) is 20.7. The van der Waals surface area contributed by atoms with Gasteiger partial charge in [0.05, 0.1) is 10.6 Å². The number of anilines is 1. The molecule has 150 valence electrons. The van der Waals surface area contributed by atoms with Gasteiger partial charge in [-0.25, -0.2) is 12.7 Å². The molecule has 0 radical (unpaired) electrons. The van der Waals surface area contributed by atoms with E-state index in [-0.39, 0.29) is 16.2 Å². The Bertz CT molecular complexity index is 968. The number of nitrogens with one attached hydrogen (secondary N) is 2. The molecule has 2 amide bonds. The van der Waals surface area contributed by atoms with Crippen LogP contribution in [0.3, 0.4) is 0 Å².